The highest BCUT2D eigenvalue weighted by molar-refractivity contribution is 7.99. The summed E-state index contributed by atoms with van der Waals surface area (Å²) in [5.41, 5.74) is 1.30. The Morgan fingerprint density at radius 1 is 1.25 bits per heavy atom. The van der Waals surface area contributed by atoms with Gasteiger partial charge in [0, 0.05) is 23.3 Å². The first kappa shape index (κ1) is 20.1. The van der Waals surface area contributed by atoms with E-state index >= 15 is 0 Å². The summed E-state index contributed by atoms with van der Waals surface area (Å²) in [6.45, 7) is -2.87. The zero-order valence-electron chi connectivity index (χ0n) is 14.6. The van der Waals surface area contributed by atoms with E-state index in [9.17, 15) is 13.6 Å². The lowest BCUT2D eigenvalue weighted by atomic mass is 10.2. The normalized spacial score (nSPS) is 10.9. The number of nitrogens with one attached hydrogen (secondary N) is 1. The fourth-order valence-electron chi connectivity index (χ4n) is 2.37. The van der Waals surface area contributed by atoms with Gasteiger partial charge in [-0.1, -0.05) is 29.4 Å². The molecular weight excluding hydrogens is 410 g/mol. The second-order valence-corrected chi connectivity index (χ2v) is 6.99. The molecule has 1 amide bonds. The quantitative estimate of drug-likeness (QED) is 0.567. The van der Waals surface area contributed by atoms with Crippen LogP contribution in [0, 0.1) is 0 Å². The first-order chi connectivity index (χ1) is 13.4. The molecule has 0 saturated heterocycles. The molecule has 1 aromatic heterocycles. The maximum atomic E-state index is 12.2. The van der Waals surface area contributed by atoms with E-state index in [1.807, 2.05) is 0 Å². The lowest BCUT2D eigenvalue weighted by molar-refractivity contribution is -0.113. The first-order valence-electron chi connectivity index (χ1n) is 8.05. The number of aromatic nitrogens is 3. The average molecular weight is 425 g/mol. The summed E-state index contributed by atoms with van der Waals surface area (Å²) in [6, 6.07) is 13.0. The van der Waals surface area contributed by atoms with E-state index in [0.717, 1.165) is 0 Å². The highest BCUT2D eigenvalue weighted by Gasteiger charge is 2.14. The summed E-state index contributed by atoms with van der Waals surface area (Å²) in [4.78, 5) is 12.1. The molecule has 0 radical (unpaired) electrons. The van der Waals surface area contributed by atoms with Gasteiger partial charge in [0.25, 0.3) is 0 Å². The SMILES string of the molecule is Cn1c(SCC(=O)Nc2cccc(Cl)c2)nnc1-c1ccc(OC(F)F)cc1. The number of rotatable bonds is 7. The Hall–Kier alpha value is -2.65. The Kier molecular flexibility index (Phi) is 6.48. The fourth-order valence-corrected chi connectivity index (χ4v) is 3.27. The molecular formula is C18H15ClF2N4O2S. The van der Waals surface area contributed by atoms with Crippen molar-refractivity contribution in [3.05, 3.63) is 53.6 Å². The third-order valence-electron chi connectivity index (χ3n) is 3.61. The van der Waals surface area contributed by atoms with Gasteiger partial charge in [-0.15, -0.1) is 10.2 Å². The molecule has 0 aliphatic carbocycles. The number of thioether (sulfide) groups is 1. The summed E-state index contributed by atoms with van der Waals surface area (Å²) in [5, 5.41) is 12.0. The Morgan fingerprint density at radius 3 is 2.68 bits per heavy atom. The predicted molar refractivity (Wildman–Crippen MR) is 104 cm³/mol. The largest absolute Gasteiger partial charge is 0.435 e. The van der Waals surface area contributed by atoms with Crippen molar-refractivity contribution in [1.29, 1.82) is 0 Å². The van der Waals surface area contributed by atoms with Gasteiger partial charge in [0.1, 0.15) is 5.75 Å². The molecule has 2 aromatic carbocycles. The zero-order chi connectivity index (χ0) is 20.1. The molecule has 146 valence electrons. The fraction of sp³-hybridized carbons (Fsp3) is 0.167. The van der Waals surface area contributed by atoms with Crippen molar-refractivity contribution in [3.8, 4) is 17.1 Å². The van der Waals surface area contributed by atoms with Crippen LogP contribution in [-0.4, -0.2) is 33.0 Å². The maximum absolute atomic E-state index is 12.2. The third kappa shape index (κ3) is 5.20. The van der Waals surface area contributed by atoms with Crippen LogP contribution in [-0.2, 0) is 11.8 Å². The number of nitrogens with zero attached hydrogens (tertiary/aromatic N) is 3. The summed E-state index contributed by atoms with van der Waals surface area (Å²) >= 11 is 7.12. The molecule has 28 heavy (non-hydrogen) atoms. The third-order valence-corrected chi connectivity index (χ3v) is 4.87. The van der Waals surface area contributed by atoms with Gasteiger partial charge in [0.15, 0.2) is 11.0 Å². The molecule has 0 aliphatic heterocycles. The van der Waals surface area contributed by atoms with Crippen molar-refractivity contribution in [2.75, 3.05) is 11.1 Å². The zero-order valence-corrected chi connectivity index (χ0v) is 16.2. The van der Waals surface area contributed by atoms with E-state index < -0.39 is 6.61 Å². The lowest BCUT2D eigenvalue weighted by Crippen LogP contribution is -2.14. The van der Waals surface area contributed by atoms with E-state index in [2.05, 4.69) is 20.3 Å². The molecule has 0 bridgehead atoms. The minimum absolute atomic E-state index is 0.0632. The molecule has 1 N–H and O–H groups in total. The molecule has 0 spiro atoms. The van der Waals surface area contributed by atoms with Crippen LogP contribution in [0.5, 0.6) is 5.75 Å². The molecule has 3 rings (SSSR count). The van der Waals surface area contributed by atoms with E-state index in [-0.39, 0.29) is 17.4 Å². The molecule has 3 aromatic rings. The van der Waals surface area contributed by atoms with Crippen molar-refractivity contribution in [2.45, 2.75) is 11.8 Å². The molecule has 0 fully saturated rings. The highest BCUT2D eigenvalue weighted by atomic mass is 35.5. The number of amides is 1. The van der Waals surface area contributed by atoms with Gasteiger partial charge in [-0.2, -0.15) is 8.78 Å². The first-order valence-corrected chi connectivity index (χ1v) is 9.41. The number of halogens is 3. The lowest BCUT2D eigenvalue weighted by Gasteiger charge is -2.07. The number of ether oxygens (including phenoxy) is 1. The number of carbonyl (C=O) groups excluding carboxylic acids is 1. The molecule has 0 unspecified atom stereocenters. The van der Waals surface area contributed by atoms with Gasteiger partial charge < -0.3 is 14.6 Å². The molecule has 10 heteroatoms. The highest BCUT2D eigenvalue weighted by Crippen LogP contribution is 2.25. The predicted octanol–water partition coefficient (Wildman–Crippen LogP) is 4.47. The number of alkyl halides is 2. The van der Waals surface area contributed by atoms with Gasteiger partial charge in [-0.3, -0.25) is 4.79 Å². The Labute approximate surface area is 168 Å². The standard InChI is InChI=1S/C18H15ClF2N4O2S/c1-25-16(11-5-7-14(8-6-11)27-17(20)21)23-24-18(25)28-10-15(26)22-13-4-2-3-12(19)9-13/h2-9,17H,10H2,1H3,(H,22,26). The van der Waals surface area contributed by atoms with Crippen LogP contribution in [0.2, 0.25) is 5.02 Å². The van der Waals surface area contributed by atoms with Crippen molar-refractivity contribution in [3.63, 3.8) is 0 Å². The molecule has 0 atom stereocenters. The Morgan fingerprint density at radius 2 is 2.00 bits per heavy atom. The maximum Gasteiger partial charge on any atom is 0.387 e. The minimum Gasteiger partial charge on any atom is -0.435 e. The van der Waals surface area contributed by atoms with E-state index in [0.29, 0.717) is 27.3 Å². The average Bonchev–Trinajstić information content (AvgIpc) is 3.01. The summed E-state index contributed by atoms with van der Waals surface area (Å²) < 4.78 is 30.5. The van der Waals surface area contributed by atoms with Crippen LogP contribution >= 0.6 is 23.4 Å². The Balaban J connectivity index is 1.62. The van der Waals surface area contributed by atoms with Crippen molar-refractivity contribution < 1.29 is 18.3 Å². The molecule has 0 saturated carbocycles. The van der Waals surface area contributed by atoms with Crippen LogP contribution in [0.1, 0.15) is 0 Å². The summed E-state index contributed by atoms with van der Waals surface area (Å²) in [7, 11) is 1.76. The van der Waals surface area contributed by atoms with Crippen LogP contribution < -0.4 is 10.1 Å². The summed E-state index contributed by atoms with van der Waals surface area (Å²) in [6.07, 6.45) is 0. The van der Waals surface area contributed by atoms with Crippen molar-refractivity contribution >= 4 is 35.0 Å². The van der Waals surface area contributed by atoms with E-state index in [1.165, 1.54) is 23.9 Å². The molecule has 1 heterocycles. The number of hydrogen-bond donors (Lipinski definition) is 1. The molecule has 6 nitrogen and oxygen atoms in total. The smallest absolute Gasteiger partial charge is 0.387 e. The second kappa shape index (κ2) is 9.03. The van der Waals surface area contributed by atoms with Gasteiger partial charge in [0.05, 0.1) is 5.75 Å². The van der Waals surface area contributed by atoms with Crippen LogP contribution in [0.4, 0.5) is 14.5 Å². The number of hydrogen-bond acceptors (Lipinski definition) is 5. The van der Waals surface area contributed by atoms with Crippen molar-refractivity contribution in [1.82, 2.24) is 14.8 Å². The topological polar surface area (TPSA) is 69.0 Å². The number of benzene rings is 2. The van der Waals surface area contributed by atoms with Crippen LogP contribution in [0.3, 0.4) is 0 Å². The minimum atomic E-state index is -2.87. The number of carbonyl (C=O) groups is 1. The monoisotopic (exact) mass is 424 g/mol. The number of anilines is 1. The summed E-state index contributed by atoms with van der Waals surface area (Å²) in [5.74, 6) is 0.541. The van der Waals surface area contributed by atoms with Gasteiger partial charge in [-0.05, 0) is 42.5 Å². The van der Waals surface area contributed by atoms with Gasteiger partial charge >= 0.3 is 6.61 Å². The van der Waals surface area contributed by atoms with Crippen molar-refractivity contribution in [2.24, 2.45) is 7.05 Å². The molecule has 0 aliphatic rings. The van der Waals surface area contributed by atoms with Gasteiger partial charge in [-0.25, -0.2) is 0 Å². The van der Waals surface area contributed by atoms with Crippen LogP contribution in [0.15, 0.2) is 53.7 Å². The Bertz CT molecular complexity index is 966. The van der Waals surface area contributed by atoms with E-state index in [4.69, 9.17) is 11.6 Å². The van der Waals surface area contributed by atoms with E-state index in [1.54, 1.807) is 48.0 Å². The van der Waals surface area contributed by atoms with Gasteiger partial charge in [0.2, 0.25) is 5.91 Å². The van der Waals surface area contributed by atoms with Crippen LogP contribution in [0.25, 0.3) is 11.4 Å². The second-order valence-electron chi connectivity index (χ2n) is 5.62.